The second kappa shape index (κ2) is 29.5. The summed E-state index contributed by atoms with van der Waals surface area (Å²) in [7, 11) is -1.75. The number of benzene rings is 10. The van der Waals surface area contributed by atoms with E-state index in [9.17, 15) is 35.1 Å². The molecule has 74 heavy (non-hydrogen) atoms. The Kier molecular flexibility index (Phi) is 23.0. The molecule has 0 amide bonds. The maximum atomic E-state index is 12.9. The Bertz CT molecular complexity index is 2650. The first-order chi connectivity index (χ1) is 34.9. The fraction of sp³-hybridized carbons (Fsp3) is 0.0161. The van der Waals surface area contributed by atoms with E-state index in [4.69, 9.17) is 0 Å². The molecule has 0 aliphatic carbocycles. The van der Waals surface area contributed by atoms with E-state index >= 15 is 0 Å². The van der Waals surface area contributed by atoms with E-state index in [-0.39, 0.29) is 42.3 Å². The fourth-order valence-electron chi connectivity index (χ4n) is 7.65. The van der Waals surface area contributed by atoms with E-state index in [1.165, 1.54) is 31.8 Å². The van der Waals surface area contributed by atoms with Crippen LogP contribution >= 0.6 is 15.8 Å². The molecule has 10 rings (SSSR count). The second-order valence-electron chi connectivity index (χ2n) is 16.0. The van der Waals surface area contributed by atoms with Gasteiger partial charge >= 0.3 is 17.1 Å². The number of halogens is 8. The summed E-state index contributed by atoms with van der Waals surface area (Å²) in [4.78, 5) is 0. The van der Waals surface area contributed by atoms with Gasteiger partial charge in [0.05, 0.1) is 15.8 Å². The van der Waals surface area contributed by atoms with E-state index in [1.807, 2.05) is 0 Å². The van der Waals surface area contributed by atoms with Crippen LogP contribution in [0.4, 0.5) is 46.5 Å². The molecule has 0 aromatic heterocycles. The number of hydrogen-bond donors (Lipinski definition) is 0. The molecule has 0 heterocycles. The minimum atomic E-state index is -0.877. The quantitative estimate of drug-likeness (QED) is 0.0561. The van der Waals surface area contributed by atoms with E-state index < -0.39 is 62.4 Å². The van der Waals surface area contributed by atoms with Crippen molar-refractivity contribution in [3.8, 4) is 0 Å². The van der Waals surface area contributed by atoms with Crippen molar-refractivity contribution >= 4 is 59.0 Å². The molecule has 0 unspecified atom stereocenters. The van der Waals surface area contributed by atoms with Crippen molar-refractivity contribution in [2.75, 3.05) is 0 Å². The molecule has 0 bridgehead atoms. The molecule has 0 aliphatic heterocycles. The Balaban J connectivity index is 0.000000181. The Morgan fingerprint density at radius 3 is 0.622 bits per heavy atom. The number of nitrogens with zero attached hydrogens (tertiary/aromatic N) is 1. The van der Waals surface area contributed by atoms with Crippen molar-refractivity contribution in [1.82, 2.24) is 0 Å². The van der Waals surface area contributed by atoms with Gasteiger partial charge < -0.3 is 12.7 Å². The predicted molar refractivity (Wildman–Crippen MR) is 290 cm³/mol. The summed E-state index contributed by atoms with van der Waals surface area (Å²) in [6.45, 7) is 0. The molecule has 10 aromatic carbocycles. The molecule has 10 aromatic rings. The molecule has 0 fully saturated rings. The van der Waals surface area contributed by atoms with Crippen LogP contribution in [0.3, 0.4) is 0 Å². The average molecular weight is 1090 g/mol. The van der Waals surface area contributed by atoms with Crippen LogP contribution in [-0.2, 0) is 23.5 Å². The molecular weight excluding hydrogens is 1040 g/mol. The number of hydrogen-bond acceptors (Lipinski definition) is 0. The van der Waals surface area contributed by atoms with Gasteiger partial charge in [-0.25, -0.2) is 35.1 Å². The van der Waals surface area contributed by atoms with Crippen LogP contribution in [0, 0.1) is 54.0 Å². The molecule has 0 saturated heterocycles. The maximum absolute atomic E-state index is 12.9. The van der Waals surface area contributed by atoms with Gasteiger partial charge in [0.25, 0.3) is 0 Å². The van der Waals surface area contributed by atoms with Crippen molar-refractivity contribution in [3.63, 3.8) is 0 Å². The SMILES string of the molecule is Fc1cc(F)cc(Cc2cc(F)cc(F)c2)c1.Fc1cc(F)cc([N-]c2cc(F)cc(F)c2)c1.[CH3-].[Cu+2].c1ccc([PH+](c2ccccc2)c2ccccc2)cc1.c1ccc([PH+](c2ccccc2)c2ccccc2)cc1. The summed E-state index contributed by atoms with van der Waals surface area (Å²) < 4.78 is 103. The largest absolute Gasteiger partial charge is 2.00 e. The zero-order valence-corrected chi connectivity index (χ0v) is 42.7. The first-order valence-electron chi connectivity index (χ1n) is 22.6. The molecule has 1 nitrogen and oxygen atoms in total. The third kappa shape index (κ3) is 18.1. The van der Waals surface area contributed by atoms with Crippen molar-refractivity contribution in [2.24, 2.45) is 0 Å². The fourth-order valence-corrected chi connectivity index (χ4v) is 12.8. The molecule has 1 radical (unpaired) electrons. The zero-order valence-electron chi connectivity index (χ0n) is 39.7. The molecule has 0 N–H and O–H groups in total. The minimum absolute atomic E-state index is 0. The smallest absolute Gasteiger partial charge is 0.658 e. The second-order valence-corrected chi connectivity index (χ2v) is 21.0. The van der Waals surface area contributed by atoms with Gasteiger partial charge in [-0.05, 0) is 139 Å². The van der Waals surface area contributed by atoms with Gasteiger partial charge in [-0.3, -0.25) is 0 Å². The van der Waals surface area contributed by atoms with Crippen LogP contribution in [-0.4, -0.2) is 0 Å². The molecule has 12 heteroatoms. The van der Waals surface area contributed by atoms with Crippen molar-refractivity contribution < 1.29 is 52.2 Å². The van der Waals surface area contributed by atoms with Crippen LogP contribution in [0.1, 0.15) is 11.1 Å². The summed E-state index contributed by atoms with van der Waals surface area (Å²) in [5.74, 6) is -6.06. The summed E-state index contributed by atoms with van der Waals surface area (Å²) >= 11 is 0. The van der Waals surface area contributed by atoms with Gasteiger partial charge in [0.1, 0.15) is 78.4 Å². The predicted octanol–water partition coefficient (Wildman–Crippen LogP) is 15.2. The van der Waals surface area contributed by atoms with E-state index in [2.05, 4.69) is 187 Å². The van der Waals surface area contributed by atoms with Gasteiger partial charge in [0, 0.05) is 24.3 Å². The van der Waals surface area contributed by atoms with Crippen LogP contribution in [0.2, 0.25) is 0 Å². The summed E-state index contributed by atoms with van der Waals surface area (Å²) in [6.07, 6.45) is 0.0728. The molecule has 0 spiro atoms. The minimum Gasteiger partial charge on any atom is -0.658 e. The summed E-state index contributed by atoms with van der Waals surface area (Å²) in [6, 6.07) is 76.2. The first kappa shape index (κ1) is 57.7. The molecule has 0 atom stereocenters. The van der Waals surface area contributed by atoms with Crippen LogP contribution < -0.4 is 31.8 Å². The summed E-state index contributed by atoms with van der Waals surface area (Å²) in [5.41, 5.74) is 0.556. The van der Waals surface area contributed by atoms with E-state index in [1.54, 1.807) is 0 Å². The summed E-state index contributed by atoms with van der Waals surface area (Å²) in [5, 5.41) is 12.3. The maximum Gasteiger partial charge on any atom is 2.00 e. The third-order valence-corrected chi connectivity index (χ3v) is 16.0. The zero-order chi connectivity index (χ0) is 50.7. The molecular formula is C62H49CuF8NP2+2. The van der Waals surface area contributed by atoms with Gasteiger partial charge in [-0.1, -0.05) is 109 Å². The molecule has 0 saturated carbocycles. The Labute approximate surface area is 440 Å². The average Bonchev–Trinajstić information content (AvgIpc) is 3.36. The van der Waals surface area contributed by atoms with Crippen LogP contribution in [0.25, 0.3) is 5.32 Å². The molecule has 0 aliphatic rings. The van der Waals surface area contributed by atoms with Gasteiger partial charge in [-0.15, -0.1) is 11.4 Å². The van der Waals surface area contributed by atoms with Crippen molar-refractivity contribution in [3.05, 3.63) is 325 Å². The van der Waals surface area contributed by atoms with Gasteiger partial charge in [-0.2, -0.15) is 0 Å². The Hall–Kier alpha value is -7.18. The third-order valence-electron chi connectivity index (χ3n) is 10.6. The standard InChI is InChI=1S/2C18H15P.C13H8F4.C12H6F4N.CH3.Cu/c2*1-4-10-16(11-5-1)19(17-12-6-2-7-13-17)18-14-8-3-9-15-18;14-10-2-8(3-11(15)6-10)1-9-4-12(16)7-13(17)5-9;13-7-1-8(14)4-11(3-7)17-12-5-9(15)2-10(16)6-12;;/h2*1-15H;2-7H,1H2;1-6H;1H3;/q;;;2*-1;+2/p+2. The Morgan fingerprint density at radius 1 is 0.257 bits per heavy atom. The van der Waals surface area contributed by atoms with Gasteiger partial charge in [0.15, 0.2) is 0 Å². The Morgan fingerprint density at radius 2 is 0.432 bits per heavy atom. The normalized spacial score (nSPS) is 10.2. The first-order valence-corrected chi connectivity index (χ1v) is 25.6. The van der Waals surface area contributed by atoms with Crippen LogP contribution in [0.5, 0.6) is 0 Å². The van der Waals surface area contributed by atoms with Crippen molar-refractivity contribution in [1.29, 1.82) is 0 Å². The van der Waals surface area contributed by atoms with Gasteiger partial charge in [0.2, 0.25) is 0 Å². The van der Waals surface area contributed by atoms with Crippen LogP contribution in [0.15, 0.2) is 255 Å². The monoisotopic (exact) mass is 1080 g/mol. The topological polar surface area (TPSA) is 14.1 Å². The van der Waals surface area contributed by atoms with E-state index in [0.717, 1.165) is 60.7 Å². The number of rotatable bonds is 10. The van der Waals surface area contributed by atoms with Crippen molar-refractivity contribution in [2.45, 2.75) is 6.42 Å². The molecule has 377 valence electrons. The van der Waals surface area contributed by atoms with E-state index in [0.29, 0.717) is 23.3 Å².